The highest BCUT2D eigenvalue weighted by Crippen LogP contribution is 2.18. The van der Waals surface area contributed by atoms with Crippen molar-refractivity contribution in [1.29, 1.82) is 0 Å². The number of ether oxygens (including phenoxy) is 1. The number of hydrogen-bond acceptors (Lipinski definition) is 7. The number of esters is 1. The summed E-state index contributed by atoms with van der Waals surface area (Å²) in [5, 5.41) is 5.31. The average molecular weight is 551 g/mol. The number of nitrogens with zero attached hydrogens (tertiary/aromatic N) is 1. The molecule has 3 rings (SSSR count). The van der Waals surface area contributed by atoms with E-state index in [1.165, 1.54) is 18.2 Å². The van der Waals surface area contributed by atoms with Crippen molar-refractivity contribution < 1.29 is 19.1 Å². The zero-order valence-corrected chi connectivity index (χ0v) is 23.4. The summed E-state index contributed by atoms with van der Waals surface area (Å²) in [7, 11) is 0. The van der Waals surface area contributed by atoms with Gasteiger partial charge in [0, 0.05) is 54.6 Å². The lowest BCUT2D eigenvalue weighted by atomic mass is 10.0. The molecule has 2 amide bonds. The molecule has 1 aromatic heterocycles. The van der Waals surface area contributed by atoms with E-state index in [2.05, 4.69) is 5.32 Å². The first-order valence-electron chi connectivity index (χ1n) is 13.3. The summed E-state index contributed by atoms with van der Waals surface area (Å²) >= 11 is 1.59. The number of carbonyl (C=O) groups is 3. The summed E-state index contributed by atoms with van der Waals surface area (Å²) in [6, 6.07) is 17.6. The number of benzene rings is 2. The largest absolute Gasteiger partial charge is 0.456 e. The lowest BCUT2D eigenvalue weighted by Crippen LogP contribution is -2.45. The van der Waals surface area contributed by atoms with Gasteiger partial charge in [0.2, 0.25) is 5.91 Å². The fourth-order valence-corrected chi connectivity index (χ4v) is 5.06. The maximum atomic E-state index is 13.4. The van der Waals surface area contributed by atoms with Crippen LogP contribution < -0.4 is 16.8 Å². The molecule has 0 fully saturated rings. The molecule has 0 saturated carbocycles. The van der Waals surface area contributed by atoms with Crippen LogP contribution >= 0.6 is 11.3 Å². The summed E-state index contributed by atoms with van der Waals surface area (Å²) in [6.45, 7) is 6.03. The minimum atomic E-state index is -0.730. The highest BCUT2D eigenvalue weighted by Gasteiger charge is 2.25. The molecule has 2 unspecified atom stereocenters. The average Bonchev–Trinajstić information content (AvgIpc) is 3.45. The quantitative estimate of drug-likeness (QED) is 0.246. The monoisotopic (exact) mass is 550 g/mol. The summed E-state index contributed by atoms with van der Waals surface area (Å²) in [6.07, 6.45) is 1.46. The van der Waals surface area contributed by atoms with Crippen LogP contribution in [0.4, 0.5) is 0 Å². The van der Waals surface area contributed by atoms with Crippen molar-refractivity contribution in [3.05, 3.63) is 93.2 Å². The summed E-state index contributed by atoms with van der Waals surface area (Å²) in [5.74, 6) is -1.66. The number of rotatable bonds is 15. The summed E-state index contributed by atoms with van der Waals surface area (Å²) < 4.78 is 5.91. The Morgan fingerprint density at radius 2 is 1.62 bits per heavy atom. The van der Waals surface area contributed by atoms with Gasteiger partial charge in [0.05, 0.1) is 5.56 Å². The van der Waals surface area contributed by atoms with Crippen molar-refractivity contribution in [1.82, 2.24) is 10.2 Å². The van der Waals surface area contributed by atoms with Gasteiger partial charge in [-0.15, -0.1) is 11.3 Å². The molecule has 0 bridgehead atoms. The predicted molar refractivity (Wildman–Crippen MR) is 155 cm³/mol. The van der Waals surface area contributed by atoms with Crippen molar-refractivity contribution in [2.45, 2.75) is 51.8 Å². The molecule has 8 nitrogen and oxygen atoms in total. The Morgan fingerprint density at radius 3 is 2.23 bits per heavy atom. The van der Waals surface area contributed by atoms with Crippen LogP contribution in [0, 0.1) is 0 Å². The second-order valence-electron chi connectivity index (χ2n) is 9.46. The fourth-order valence-electron chi connectivity index (χ4n) is 4.28. The number of carbonyl (C=O) groups excluding carboxylic acids is 3. The van der Waals surface area contributed by atoms with Gasteiger partial charge in [-0.25, -0.2) is 4.79 Å². The zero-order valence-electron chi connectivity index (χ0n) is 22.6. The first-order valence-corrected chi connectivity index (χ1v) is 14.2. The molecular weight excluding hydrogens is 512 g/mol. The molecule has 0 spiro atoms. The molecule has 39 heavy (non-hydrogen) atoms. The van der Waals surface area contributed by atoms with Crippen LogP contribution in [-0.2, 0) is 17.7 Å². The second kappa shape index (κ2) is 15.2. The van der Waals surface area contributed by atoms with E-state index in [0.29, 0.717) is 32.6 Å². The van der Waals surface area contributed by atoms with Crippen molar-refractivity contribution in [3.63, 3.8) is 0 Å². The number of hydrogen-bond donors (Lipinski definition) is 3. The normalized spacial score (nSPS) is 12.5. The Morgan fingerprint density at radius 1 is 0.949 bits per heavy atom. The topological polar surface area (TPSA) is 128 Å². The van der Waals surface area contributed by atoms with Crippen LogP contribution in [0.1, 0.15) is 68.2 Å². The summed E-state index contributed by atoms with van der Waals surface area (Å²) in [5.41, 5.74) is 13.5. The molecule has 0 saturated heterocycles. The fraction of sp³-hybridized carbons (Fsp3) is 0.367. The summed E-state index contributed by atoms with van der Waals surface area (Å²) in [4.78, 5) is 41.5. The lowest BCUT2D eigenvalue weighted by Gasteiger charge is -2.25. The number of nitrogens with two attached hydrogens (primary N) is 2. The Kier molecular flexibility index (Phi) is 11.7. The van der Waals surface area contributed by atoms with Gasteiger partial charge < -0.3 is 26.4 Å². The molecule has 2 aromatic carbocycles. The van der Waals surface area contributed by atoms with E-state index in [1.54, 1.807) is 16.2 Å². The molecule has 0 aliphatic heterocycles. The van der Waals surface area contributed by atoms with Crippen LogP contribution in [0.25, 0.3) is 0 Å². The van der Waals surface area contributed by atoms with E-state index in [-0.39, 0.29) is 22.6 Å². The molecular formula is C30H38N4O4S. The zero-order chi connectivity index (χ0) is 28.2. The molecule has 0 aliphatic rings. The van der Waals surface area contributed by atoms with Gasteiger partial charge >= 0.3 is 5.97 Å². The van der Waals surface area contributed by atoms with Crippen LogP contribution in [-0.4, -0.2) is 54.5 Å². The predicted octanol–water partition coefficient (Wildman–Crippen LogP) is 3.99. The minimum Gasteiger partial charge on any atom is -0.456 e. The van der Waals surface area contributed by atoms with Crippen LogP contribution in [0.2, 0.25) is 0 Å². The van der Waals surface area contributed by atoms with E-state index in [4.69, 9.17) is 16.2 Å². The van der Waals surface area contributed by atoms with E-state index < -0.39 is 24.0 Å². The third-order valence-electron chi connectivity index (χ3n) is 6.24. The van der Waals surface area contributed by atoms with Crippen molar-refractivity contribution in [2.24, 2.45) is 11.5 Å². The van der Waals surface area contributed by atoms with Gasteiger partial charge in [-0.1, -0.05) is 50.2 Å². The maximum Gasteiger partial charge on any atom is 0.338 e. The van der Waals surface area contributed by atoms with E-state index in [1.807, 2.05) is 61.7 Å². The lowest BCUT2D eigenvalue weighted by molar-refractivity contribution is 0.0239. The van der Waals surface area contributed by atoms with Gasteiger partial charge in [-0.3, -0.25) is 9.59 Å². The van der Waals surface area contributed by atoms with Gasteiger partial charge in [0.25, 0.3) is 5.91 Å². The smallest absolute Gasteiger partial charge is 0.338 e. The maximum absolute atomic E-state index is 13.4. The third kappa shape index (κ3) is 9.02. The van der Waals surface area contributed by atoms with Gasteiger partial charge in [0.15, 0.2) is 0 Å². The van der Waals surface area contributed by atoms with Crippen LogP contribution in [0.15, 0.2) is 66.0 Å². The van der Waals surface area contributed by atoms with Gasteiger partial charge in [-0.2, -0.15) is 0 Å². The van der Waals surface area contributed by atoms with Crippen LogP contribution in [0.3, 0.4) is 0 Å². The molecule has 2 atom stereocenters. The van der Waals surface area contributed by atoms with E-state index in [9.17, 15) is 14.4 Å². The van der Waals surface area contributed by atoms with Crippen molar-refractivity contribution >= 4 is 29.1 Å². The van der Waals surface area contributed by atoms with E-state index in [0.717, 1.165) is 23.3 Å². The number of thiophene rings is 1. The molecule has 1 heterocycles. The minimum absolute atomic E-state index is 0.0717. The molecule has 0 aliphatic carbocycles. The Balaban J connectivity index is 1.82. The Bertz CT molecular complexity index is 1210. The molecule has 5 N–H and O–H groups in total. The molecule has 208 valence electrons. The van der Waals surface area contributed by atoms with E-state index >= 15 is 0 Å². The van der Waals surface area contributed by atoms with Crippen molar-refractivity contribution in [3.8, 4) is 0 Å². The highest BCUT2D eigenvalue weighted by molar-refractivity contribution is 7.09. The van der Waals surface area contributed by atoms with Gasteiger partial charge in [-0.05, 0) is 48.1 Å². The third-order valence-corrected chi connectivity index (χ3v) is 7.14. The number of primary amides is 1. The second-order valence-corrected chi connectivity index (χ2v) is 10.5. The Labute approximate surface area is 234 Å². The first-order chi connectivity index (χ1) is 18.8. The first kappa shape index (κ1) is 30.0. The van der Waals surface area contributed by atoms with Crippen LogP contribution in [0.5, 0.6) is 0 Å². The molecule has 0 radical (unpaired) electrons. The highest BCUT2D eigenvalue weighted by atomic mass is 32.1. The standard InChI is InChI=1S/C30H38N4O4S/c1-3-12-34(13-4-2)29(36)23-15-22(28(32)35)16-24(17-23)30(37)38-27(26(31)18-25-11-8-14-39-25)20-33-19-21-9-6-5-7-10-21/h5-11,14-17,26-27,33H,3-4,12-13,18-20,31H2,1-2H3,(H2,32,35). The van der Waals surface area contributed by atoms with Gasteiger partial charge in [0.1, 0.15) is 6.10 Å². The van der Waals surface area contributed by atoms with Crippen molar-refractivity contribution in [2.75, 3.05) is 19.6 Å². The Hall–Kier alpha value is -3.53. The number of amides is 2. The SMILES string of the molecule is CCCN(CCC)C(=O)c1cc(C(N)=O)cc(C(=O)OC(CNCc2ccccc2)C(N)Cc2cccs2)c1. The number of nitrogens with one attached hydrogen (secondary N) is 1. The molecule has 3 aromatic rings. The molecule has 9 heteroatoms.